The van der Waals surface area contributed by atoms with Gasteiger partial charge in [-0.05, 0) is 44.3 Å². The quantitative estimate of drug-likeness (QED) is 0.831. The number of rotatable bonds is 3. The summed E-state index contributed by atoms with van der Waals surface area (Å²) in [6.07, 6.45) is 4.76. The highest BCUT2D eigenvalue weighted by molar-refractivity contribution is 5.83. The van der Waals surface area contributed by atoms with Gasteiger partial charge in [-0.2, -0.15) is 0 Å². The van der Waals surface area contributed by atoms with Gasteiger partial charge < -0.3 is 4.90 Å². The van der Waals surface area contributed by atoms with Crippen LogP contribution in [-0.2, 0) is 4.79 Å². The summed E-state index contributed by atoms with van der Waals surface area (Å²) in [4.78, 5) is 17.2. The Labute approximate surface area is 115 Å². The van der Waals surface area contributed by atoms with Crippen molar-refractivity contribution in [1.29, 1.82) is 0 Å². The summed E-state index contributed by atoms with van der Waals surface area (Å²) in [7, 11) is 0. The Morgan fingerprint density at radius 1 is 0.895 bits per heavy atom. The van der Waals surface area contributed by atoms with E-state index in [4.69, 9.17) is 0 Å². The zero-order valence-electron chi connectivity index (χ0n) is 11.4. The van der Waals surface area contributed by atoms with Crippen LogP contribution in [0.15, 0.2) is 30.3 Å². The van der Waals surface area contributed by atoms with Crippen molar-refractivity contribution in [2.24, 2.45) is 0 Å². The SMILES string of the molecule is O=C([C@@H](c1ccccc1)N1CCCC1)N1CCCC1. The minimum atomic E-state index is -0.0539. The molecule has 3 nitrogen and oxygen atoms in total. The first-order valence-corrected chi connectivity index (χ1v) is 7.44. The van der Waals surface area contributed by atoms with Gasteiger partial charge in [0.05, 0.1) is 0 Å². The Balaban J connectivity index is 1.85. The van der Waals surface area contributed by atoms with Crippen LogP contribution in [0.2, 0.25) is 0 Å². The number of likely N-dealkylation sites (tertiary alicyclic amines) is 2. The van der Waals surface area contributed by atoms with Crippen molar-refractivity contribution < 1.29 is 4.79 Å². The molecule has 2 aliphatic heterocycles. The summed E-state index contributed by atoms with van der Waals surface area (Å²) in [6.45, 7) is 3.99. The van der Waals surface area contributed by atoms with E-state index in [2.05, 4.69) is 21.9 Å². The fraction of sp³-hybridized carbons (Fsp3) is 0.562. The van der Waals surface area contributed by atoms with Crippen LogP contribution in [0.1, 0.15) is 37.3 Å². The molecular weight excluding hydrogens is 236 g/mol. The lowest BCUT2D eigenvalue weighted by Gasteiger charge is -2.30. The molecule has 0 unspecified atom stereocenters. The van der Waals surface area contributed by atoms with E-state index in [9.17, 15) is 4.79 Å². The lowest BCUT2D eigenvalue weighted by Crippen LogP contribution is -2.40. The minimum absolute atomic E-state index is 0.0539. The third-order valence-electron chi connectivity index (χ3n) is 4.27. The van der Waals surface area contributed by atoms with E-state index in [-0.39, 0.29) is 6.04 Å². The molecule has 2 aliphatic rings. The maximum atomic E-state index is 12.8. The molecule has 102 valence electrons. The Morgan fingerprint density at radius 3 is 2.11 bits per heavy atom. The summed E-state index contributed by atoms with van der Waals surface area (Å²) < 4.78 is 0. The summed E-state index contributed by atoms with van der Waals surface area (Å²) in [5.74, 6) is 0.311. The van der Waals surface area contributed by atoms with Crippen LogP contribution in [0.4, 0.5) is 0 Å². The molecule has 0 saturated carbocycles. The normalized spacial score (nSPS) is 21.8. The second kappa shape index (κ2) is 5.74. The van der Waals surface area contributed by atoms with Crippen molar-refractivity contribution in [1.82, 2.24) is 9.80 Å². The van der Waals surface area contributed by atoms with Crippen molar-refractivity contribution in [3.05, 3.63) is 35.9 Å². The molecule has 2 heterocycles. The van der Waals surface area contributed by atoms with Crippen molar-refractivity contribution >= 4 is 5.91 Å². The van der Waals surface area contributed by atoms with E-state index in [0.29, 0.717) is 5.91 Å². The van der Waals surface area contributed by atoms with Crippen LogP contribution < -0.4 is 0 Å². The highest BCUT2D eigenvalue weighted by atomic mass is 16.2. The summed E-state index contributed by atoms with van der Waals surface area (Å²) in [5, 5.41) is 0. The molecule has 0 radical (unpaired) electrons. The van der Waals surface area contributed by atoms with Crippen LogP contribution >= 0.6 is 0 Å². The smallest absolute Gasteiger partial charge is 0.244 e. The van der Waals surface area contributed by atoms with Gasteiger partial charge in [-0.1, -0.05) is 30.3 Å². The van der Waals surface area contributed by atoms with E-state index < -0.39 is 0 Å². The molecular formula is C16H22N2O. The lowest BCUT2D eigenvalue weighted by atomic mass is 10.0. The maximum Gasteiger partial charge on any atom is 0.244 e. The van der Waals surface area contributed by atoms with E-state index in [0.717, 1.165) is 44.6 Å². The number of amides is 1. The van der Waals surface area contributed by atoms with Crippen molar-refractivity contribution in [3.63, 3.8) is 0 Å². The standard InChI is InChI=1S/C16H22N2O/c19-16(18-12-6-7-13-18)15(17-10-4-5-11-17)14-8-2-1-3-9-14/h1-3,8-9,15H,4-7,10-13H2/t15-/m1/s1. The Morgan fingerprint density at radius 2 is 1.47 bits per heavy atom. The average Bonchev–Trinajstić information content (AvgIpc) is 3.13. The molecule has 1 atom stereocenters. The van der Waals surface area contributed by atoms with Gasteiger partial charge in [0.1, 0.15) is 6.04 Å². The summed E-state index contributed by atoms with van der Waals surface area (Å²) in [6, 6.07) is 10.2. The summed E-state index contributed by atoms with van der Waals surface area (Å²) in [5.41, 5.74) is 1.15. The largest absolute Gasteiger partial charge is 0.341 e. The van der Waals surface area contributed by atoms with Crippen LogP contribution in [0.5, 0.6) is 0 Å². The van der Waals surface area contributed by atoms with Gasteiger partial charge in [0, 0.05) is 13.1 Å². The number of hydrogen-bond acceptors (Lipinski definition) is 2. The fourth-order valence-electron chi connectivity index (χ4n) is 3.26. The van der Waals surface area contributed by atoms with Crippen LogP contribution in [-0.4, -0.2) is 41.9 Å². The monoisotopic (exact) mass is 258 g/mol. The molecule has 0 aliphatic carbocycles. The molecule has 2 fully saturated rings. The number of hydrogen-bond donors (Lipinski definition) is 0. The molecule has 1 amide bonds. The zero-order valence-corrected chi connectivity index (χ0v) is 11.4. The summed E-state index contributed by atoms with van der Waals surface area (Å²) >= 11 is 0. The fourth-order valence-corrected chi connectivity index (χ4v) is 3.26. The molecule has 0 bridgehead atoms. The second-order valence-electron chi connectivity index (χ2n) is 5.59. The van der Waals surface area contributed by atoms with Gasteiger partial charge in [-0.15, -0.1) is 0 Å². The molecule has 2 saturated heterocycles. The third kappa shape index (κ3) is 2.66. The molecule has 0 aromatic heterocycles. The highest BCUT2D eigenvalue weighted by Crippen LogP contribution is 2.28. The molecule has 0 N–H and O–H groups in total. The van der Waals surface area contributed by atoms with Crippen LogP contribution in [0, 0.1) is 0 Å². The molecule has 3 heteroatoms. The molecule has 19 heavy (non-hydrogen) atoms. The number of nitrogens with zero attached hydrogens (tertiary/aromatic N) is 2. The van der Waals surface area contributed by atoms with Crippen molar-refractivity contribution in [2.45, 2.75) is 31.7 Å². The zero-order chi connectivity index (χ0) is 13.1. The molecule has 1 aromatic carbocycles. The van der Waals surface area contributed by atoms with Crippen molar-refractivity contribution in [3.8, 4) is 0 Å². The first kappa shape index (κ1) is 12.7. The average molecular weight is 258 g/mol. The number of carbonyl (C=O) groups is 1. The molecule has 0 spiro atoms. The van der Waals surface area contributed by atoms with Crippen molar-refractivity contribution in [2.75, 3.05) is 26.2 Å². The predicted molar refractivity (Wildman–Crippen MR) is 75.8 cm³/mol. The van der Waals surface area contributed by atoms with E-state index >= 15 is 0 Å². The highest BCUT2D eigenvalue weighted by Gasteiger charge is 2.33. The predicted octanol–water partition coefficient (Wildman–Crippen LogP) is 2.45. The van der Waals surface area contributed by atoms with Gasteiger partial charge in [-0.25, -0.2) is 0 Å². The second-order valence-corrected chi connectivity index (χ2v) is 5.59. The van der Waals surface area contributed by atoms with Gasteiger partial charge in [-0.3, -0.25) is 9.69 Å². The van der Waals surface area contributed by atoms with Gasteiger partial charge >= 0.3 is 0 Å². The Bertz CT molecular complexity index is 420. The first-order valence-electron chi connectivity index (χ1n) is 7.44. The van der Waals surface area contributed by atoms with Gasteiger partial charge in [0.2, 0.25) is 5.91 Å². The number of carbonyl (C=O) groups excluding carboxylic acids is 1. The van der Waals surface area contributed by atoms with E-state index in [1.807, 2.05) is 18.2 Å². The van der Waals surface area contributed by atoms with E-state index in [1.54, 1.807) is 0 Å². The third-order valence-corrected chi connectivity index (χ3v) is 4.27. The van der Waals surface area contributed by atoms with Crippen LogP contribution in [0.25, 0.3) is 0 Å². The minimum Gasteiger partial charge on any atom is -0.341 e. The Kier molecular flexibility index (Phi) is 3.83. The Hall–Kier alpha value is -1.35. The molecule has 1 aromatic rings. The number of benzene rings is 1. The first-order chi connectivity index (χ1) is 9.36. The lowest BCUT2D eigenvalue weighted by molar-refractivity contribution is -0.135. The van der Waals surface area contributed by atoms with E-state index in [1.165, 1.54) is 12.8 Å². The van der Waals surface area contributed by atoms with Gasteiger partial charge in [0.25, 0.3) is 0 Å². The van der Waals surface area contributed by atoms with Crippen LogP contribution in [0.3, 0.4) is 0 Å². The van der Waals surface area contributed by atoms with Gasteiger partial charge in [0.15, 0.2) is 0 Å². The molecule has 3 rings (SSSR count). The topological polar surface area (TPSA) is 23.6 Å². The maximum absolute atomic E-state index is 12.8.